The van der Waals surface area contributed by atoms with Crippen molar-refractivity contribution in [3.63, 3.8) is 0 Å². The van der Waals surface area contributed by atoms with Crippen LogP contribution in [-0.4, -0.2) is 22.7 Å². The van der Waals surface area contributed by atoms with E-state index in [0.717, 1.165) is 0 Å². The standard InChI is InChI=1S/C18H20N2O3S/c1-12(2)11-23-16-10-6-3-7-13(16)17(22)20-18(24)19-14-8-4-5-9-15(14)21/h3-10,12,21H,11H2,1-2H3,(H2,19,20,22,24). The van der Waals surface area contributed by atoms with Crippen molar-refractivity contribution in [3.05, 3.63) is 54.1 Å². The Morgan fingerprint density at radius 3 is 2.54 bits per heavy atom. The number of para-hydroxylation sites is 3. The molecule has 0 saturated heterocycles. The number of hydrogen-bond donors (Lipinski definition) is 3. The first-order valence-corrected chi connectivity index (χ1v) is 8.00. The van der Waals surface area contributed by atoms with E-state index in [9.17, 15) is 9.90 Å². The van der Waals surface area contributed by atoms with Crippen LogP contribution >= 0.6 is 12.2 Å². The Hall–Kier alpha value is -2.60. The number of phenols is 1. The molecular formula is C18H20N2O3S. The molecule has 6 heteroatoms. The van der Waals surface area contributed by atoms with Gasteiger partial charge in [0.05, 0.1) is 17.9 Å². The van der Waals surface area contributed by atoms with Gasteiger partial charge in [-0.2, -0.15) is 0 Å². The van der Waals surface area contributed by atoms with Gasteiger partial charge in [-0.05, 0) is 42.4 Å². The lowest BCUT2D eigenvalue weighted by molar-refractivity contribution is 0.0973. The van der Waals surface area contributed by atoms with Crippen LogP contribution in [0.5, 0.6) is 11.5 Å². The summed E-state index contributed by atoms with van der Waals surface area (Å²) >= 11 is 5.13. The maximum Gasteiger partial charge on any atom is 0.261 e. The van der Waals surface area contributed by atoms with Crippen LogP contribution in [0.2, 0.25) is 0 Å². The summed E-state index contributed by atoms with van der Waals surface area (Å²) in [7, 11) is 0. The molecule has 0 aliphatic carbocycles. The first-order chi connectivity index (χ1) is 11.5. The molecule has 126 valence electrons. The van der Waals surface area contributed by atoms with Gasteiger partial charge < -0.3 is 15.2 Å². The second-order valence-electron chi connectivity index (χ2n) is 5.63. The van der Waals surface area contributed by atoms with Gasteiger partial charge in [0, 0.05) is 0 Å². The van der Waals surface area contributed by atoms with E-state index in [0.29, 0.717) is 29.5 Å². The van der Waals surface area contributed by atoms with Crippen molar-refractivity contribution in [3.8, 4) is 11.5 Å². The average Bonchev–Trinajstić information content (AvgIpc) is 2.55. The largest absolute Gasteiger partial charge is 0.506 e. The van der Waals surface area contributed by atoms with Crippen LogP contribution in [-0.2, 0) is 0 Å². The molecule has 1 amide bonds. The lowest BCUT2D eigenvalue weighted by Crippen LogP contribution is -2.34. The van der Waals surface area contributed by atoms with Crippen molar-refractivity contribution >= 4 is 28.9 Å². The fourth-order valence-electron chi connectivity index (χ4n) is 1.94. The summed E-state index contributed by atoms with van der Waals surface area (Å²) in [4.78, 5) is 12.4. The highest BCUT2D eigenvalue weighted by molar-refractivity contribution is 7.80. The third-order valence-electron chi connectivity index (χ3n) is 3.08. The number of amides is 1. The minimum atomic E-state index is -0.373. The van der Waals surface area contributed by atoms with Crippen molar-refractivity contribution in [2.75, 3.05) is 11.9 Å². The fourth-order valence-corrected chi connectivity index (χ4v) is 2.14. The Balaban J connectivity index is 2.04. The molecule has 0 unspecified atom stereocenters. The summed E-state index contributed by atoms with van der Waals surface area (Å²) in [5.41, 5.74) is 0.826. The van der Waals surface area contributed by atoms with Crippen LogP contribution < -0.4 is 15.4 Å². The molecular weight excluding hydrogens is 324 g/mol. The molecule has 2 rings (SSSR count). The highest BCUT2D eigenvalue weighted by atomic mass is 32.1. The normalized spacial score (nSPS) is 10.3. The highest BCUT2D eigenvalue weighted by Gasteiger charge is 2.14. The molecule has 3 N–H and O–H groups in total. The Morgan fingerprint density at radius 1 is 1.17 bits per heavy atom. The van der Waals surface area contributed by atoms with Gasteiger partial charge in [-0.15, -0.1) is 0 Å². The smallest absolute Gasteiger partial charge is 0.261 e. The third kappa shape index (κ3) is 4.96. The summed E-state index contributed by atoms with van der Waals surface area (Å²) in [5.74, 6) is 0.538. The number of thiocarbonyl (C=S) groups is 1. The zero-order valence-electron chi connectivity index (χ0n) is 13.6. The molecule has 2 aromatic carbocycles. The summed E-state index contributed by atoms with van der Waals surface area (Å²) in [5, 5.41) is 15.2. The monoisotopic (exact) mass is 344 g/mol. The minimum absolute atomic E-state index is 0.0507. The van der Waals surface area contributed by atoms with Gasteiger partial charge in [-0.3, -0.25) is 10.1 Å². The van der Waals surface area contributed by atoms with Crippen LogP contribution in [0.15, 0.2) is 48.5 Å². The fraction of sp³-hybridized carbons (Fsp3) is 0.222. The number of aromatic hydroxyl groups is 1. The Morgan fingerprint density at radius 2 is 1.83 bits per heavy atom. The van der Waals surface area contributed by atoms with E-state index in [-0.39, 0.29) is 16.8 Å². The van der Waals surface area contributed by atoms with Gasteiger partial charge in [0.25, 0.3) is 5.91 Å². The van der Waals surface area contributed by atoms with E-state index in [2.05, 4.69) is 10.6 Å². The van der Waals surface area contributed by atoms with Crippen LogP contribution in [0.3, 0.4) is 0 Å². The maximum atomic E-state index is 12.4. The molecule has 0 fully saturated rings. The number of phenolic OH excluding ortho intramolecular Hbond substituents is 1. The first kappa shape index (κ1) is 17.7. The zero-order valence-corrected chi connectivity index (χ0v) is 14.4. The minimum Gasteiger partial charge on any atom is -0.506 e. The van der Waals surface area contributed by atoms with Crippen molar-refractivity contribution < 1.29 is 14.6 Å². The molecule has 24 heavy (non-hydrogen) atoms. The molecule has 0 atom stereocenters. The molecule has 0 aliphatic rings. The van der Waals surface area contributed by atoms with Crippen LogP contribution in [0.4, 0.5) is 5.69 Å². The molecule has 0 radical (unpaired) electrons. The molecule has 0 aromatic heterocycles. The highest BCUT2D eigenvalue weighted by Crippen LogP contribution is 2.22. The van der Waals surface area contributed by atoms with Gasteiger partial charge in [0.2, 0.25) is 0 Å². The molecule has 0 aliphatic heterocycles. The van der Waals surface area contributed by atoms with E-state index in [1.54, 1.807) is 36.4 Å². The number of carbonyl (C=O) groups excluding carboxylic acids is 1. The van der Waals surface area contributed by atoms with E-state index < -0.39 is 0 Å². The van der Waals surface area contributed by atoms with E-state index in [1.807, 2.05) is 19.9 Å². The quantitative estimate of drug-likeness (QED) is 0.571. The Kier molecular flexibility index (Phi) is 6.14. The number of carbonyl (C=O) groups is 1. The predicted octanol–water partition coefficient (Wildman–Crippen LogP) is 3.55. The average molecular weight is 344 g/mol. The summed E-state index contributed by atoms with van der Waals surface area (Å²) < 4.78 is 5.67. The molecule has 0 spiro atoms. The number of nitrogens with one attached hydrogen (secondary N) is 2. The van der Waals surface area contributed by atoms with Gasteiger partial charge in [0.1, 0.15) is 11.5 Å². The van der Waals surface area contributed by atoms with Crippen molar-refractivity contribution in [2.45, 2.75) is 13.8 Å². The van der Waals surface area contributed by atoms with E-state index >= 15 is 0 Å². The first-order valence-electron chi connectivity index (χ1n) is 7.59. The van der Waals surface area contributed by atoms with Gasteiger partial charge in [0.15, 0.2) is 5.11 Å². The van der Waals surface area contributed by atoms with Crippen molar-refractivity contribution in [1.29, 1.82) is 0 Å². The lowest BCUT2D eigenvalue weighted by Gasteiger charge is -2.14. The Labute approximate surface area is 146 Å². The van der Waals surface area contributed by atoms with Crippen LogP contribution in [0.1, 0.15) is 24.2 Å². The SMILES string of the molecule is CC(C)COc1ccccc1C(=O)NC(=S)Nc1ccccc1O. The summed E-state index contributed by atoms with van der Waals surface area (Å²) in [6.07, 6.45) is 0. The molecule has 0 saturated carbocycles. The van der Waals surface area contributed by atoms with Crippen LogP contribution in [0, 0.1) is 5.92 Å². The van der Waals surface area contributed by atoms with Gasteiger partial charge >= 0.3 is 0 Å². The summed E-state index contributed by atoms with van der Waals surface area (Å²) in [6.45, 7) is 4.59. The summed E-state index contributed by atoms with van der Waals surface area (Å²) in [6, 6.07) is 13.6. The predicted molar refractivity (Wildman–Crippen MR) is 98.6 cm³/mol. The topological polar surface area (TPSA) is 70.6 Å². The maximum absolute atomic E-state index is 12.4. The number of hydrogen-bond acceptors (Lipinski definition) is 4. The number of ether oxygens (including phenoxy) is 1. The number of benzene rings is 2. The Bertz CT molecular complexity index is 732. The zero-order chi connectivity index (χ0) is 17.5. The number of rotatable bonds is 5. The lowest BCUT2D eigenvalue weighted by atomic mass is 10.2. The second kappa shape index (κ2) is 8.31. The molecule has 0 heterocycles. The second-order valence-corrected chi connectivity index (χ2v) is 6.03. The molecule has 2 aromatic rings. The van der Waals surface area contributed by atoms with Gasteiger partial charge in [-0.25, -0.2) is 0 Å². The number of anilines is 1. The molecule has 5 nitrogen and oxygen atoms in total. The van der Waals surface area contributed by atoms with Crippen LogP contribution in [0.25, 0.3) is 0 Å². The van der Waals surface area contributed by atoms with Gasteiger partial charge in [-0.1, -0.05) is 38.1 Å². The van der Waals surface area contributed by atoms with E-state index in [1.165, 1.54) is 6.07 Å². The molecule has 0 bridgehead atoms. The van der Waals surface area contributed by atoms with Crippen molar-refractivity contribution in [2.24, 2.45) is 5.92 Å². The van der Waals surface area contributed by atoms with E-state index in [4.69, 9.17) is 17.0 Å². The van der Waals surface area contributed by atoms with Crippen molar-refractivity contribution in [1.82, 2.24) is 5.32 Å². The third-order valence-corrected chi connectivity index (χ3v) is 3.29.